The first-order valence-corrected chi connectivity index (χ1v) is 7.22. The van der Waals surface area contributed by atoms with Crippen LogP contribution in [0.4, 0.5) is 4.39 Å². The second kappa shape index (κ2) is 5.78. The van der Waals surface area contributed by atoms with E-state index in [-0.39, 0.29) is 0 Å². The van der Waals surface area contributed by atoms with E-state index in [1.165, 1.54) is 6.07 Å². The molecule has 1 fully saturated rings. The van der Waals surface area contributed by atoms with Crippen molar-refractivity contribution in [3.63, 3.8) is 0 Å². The van der Waals surface area contributed by atoms with Crippen LogP contribution in [0.2, 0.25) is 5.02 Å². The van der Waals surface area contributed by atoms with Crippen LogP contribution in [0.5, 0.6) is 0 Å². The van der Waals surface area contributed by atoms with E-state index in [9.17, 15) is 9.50 Å². The Morgan fingerprint density at radius 1 is 1.32 bits per heavy atom. The van der Waals surface area contributed by atoms with Gasteiger partial charge >= 0.3 is 0 Å². The molecule has 0 aromatic heterocycles. The summed E-state index contributed by atoms with van der Waals surface area (Å²) >= 11 is 5.77. The van der Waals surface area contributed by atoms with Gasteiger partial charge in [0.05, 0.1) is 5.60 Å². The van der Waals surface area contributed by atoms with Crippen molar-refractivity contribution in [3.8, 4) is 0 Å². The molecular weight excluding hydrogens is 265 g/mol. The lowest BCUT2D eigenvalue weighted by Crippen LogP contribution is -2.33. The van der Waals surface area contributed by atoms with Gasteiger partial charge in [-0.2, -0.15) is 0 Å². The summed E-state index contributed by atoms with van der Waals surface area (Å²) in [5.41, 5.74) is -0.694. The fourth-order valence-corrected chi connectivity index (χ4v) is 2.95. The van der Waals surface area contributed by atoms with Gasteiger partial charge in [0, 0.05) is 23.2 Å². The fourth-order valence-electron chi connectivity index (χ4n) is 2.79. The monoisotopic (exact) mass is 285 g/mol. The average molecular weight is 286 g/mol. The average Bonchev–Trinajstić information content (AvgIpc) is 2.51. The van der Waals surface area contributed by atoms with Gasteiger partial charge in [0.25, 0.3) is 0 Å². The summed E-state index contributed by atoms with van der Waals surface area (Å²) < 4.78 is 14.0. The van der Waals surface area contributed by atoms with E-state index < -0.39 is 11.4 Å². The molecule has 1 aromatic carbocycles. The number of nitrogens with zero attached hydrogens (tertiary/aromatic N) is 1. The molecule has 4 heteroatoms. The number of hydrogen-bond donors (Lipinski definition) is 1. The van der Waals surface area contributed by atoms with E-state index in [2.05, 4.69) is 18.7 Å². The van der Waals surface area contributed by atoms with Gasteiger partial charge in [0.1, 0.15) is 5.82 Å². The SMILES string of the molecule is CC(C)N1CCCC(O)(c2ccc(Cl)cc2F)CC1. The predicted octanol–water partition coefficient (Wildman–Crippen LogP) is 3.56. The summed E-state index contributed by atoms with van der Waals surface area (Å²) in [6.45, 7) is 6.03. The standard InChI is InChI=1S/C15H21ClFNO/c1-11(2)18-8-3-6-15(19,7-9-18)13-5-4-12(16)10-14(13)17/h4-5,10-11,19H,3,6-9H2,1-2H3. The summed E-state index contributed by atoms with van der Waals surface area (Å²) in [5.74, 6) is -0.409. The van der Waals surface area contributed by atoms with Crippen LogP contribution in [-0.4, -0.2) is 29.1 Å². The minimum absolute atomic E-state index is 0.363. The molecule has 0 aliphatic carbocycles. The Morgan fingerprint density at radius 2 is 2.05 bits per heavy atom. The molecule has 1 atom stereocenters. The molecule has 0 radical (unpaired) electrons. The van der Waals surface area contributed by atoms with E-state index in [4.69, 9.17) is 11.6 Å². The van der Waals surface area contributed by atoms with Crippen molar-refractivity contribution in [1.82, 2.24) is 4.90 Å². The molecule has 1 aromatic rings. The predicted molar refractivity (Wildman–Crippen MR) is 75.9 cm³/mol. The number of hydrogen-bond acceptors (Lipinski definition) is 2. The Morgan fingerprint density at radius 3 is 2.68 bits per heavy atom. The second-order valence-corrected chi connectivity index (χ2v) is 6.08. The maximum atomic E-state index is 14.0. The Balaban J connectivity index is 2.22. The van der Waals surface area contributed by atoms with Gasteiger partial charge < -0.3 is 10.0 Å². The van der Waals surface area contributed by atoms with Crippen LogP contribution in [0, 0.1) is 5.82 Å². The summed E-state index contributed by atoms with van der Waals surface area (Å²) in [7, 11) is 0. The third-order valence-corrected chi connectivity index (χ3v) is 4.25. The topological polar surface area (TPSA) is 23.5 Å². The Hall–Kier alpha value is -0.640. The molecule has 0 bridgehead atoms. The number of aliphatic hydroxyl groups is 1. The quantitative estimate of drug-likeness (QED) is 0.898. The molecule has 19 heavy (non-hydrogen) atoms. The molecule has 106 valence electrons. The number of halogens is 2. The summed E-state index contributed by atoms with van der Waals surface area (Å²) in [5, 5.41) is 11.1. The first kappa shape index (κ1) is 14.8. The minimum Gasteiger partial charge on any atom is -0.385 e. The molecule has 1 unspecified atom stereocenters. The van der Waals surface area contributed by atoms with Crippen molar-refractivity contribution < 1.29 is 9.50 Å². The first-order valence-electron chi connectivity index (χ1n) is 6.84. The molecule has 1 N–H and O–H groups in total. The van der Waals surface area contributed by atoms with Gasteiger partial charge in [0.2, 0.25) is 0 Å². The third-order valence-electron chi connectivity index (χ3n) is 4.01. The third kappa shape index (κ3) is 3.28. The molecule has 1 saturated heterocycles. The largest absolute Gasteiger partial charge is 0.385 e. The van der Waals surface area contributed by atoms with Crippen molar-refractivity contribution in [3.05, 3.63) is 34.6 Å². The Bertz CT molecular complexity index is 452. The molecule has 1 aliphatic heterocycles. The molecule has 0 amide bonds. The van der Waals surface area contributed by atoms with Crippen molar-refractivity contribution in [2.24, 2.45) is 0 Å². The van der Waals surface area contributed by atoms with Crippen LogP contribution >= 0.6 is 11.6 Å². The maximum absolute atomic E-state index is 14.0. The zero-order valence-corrected chi connectivity index (χ0v) is 12.3. The highest BCUT2D eigenvalue weighted by Crippen LogP contribution is 2.35. The minimum atomic E-state index is -1.07. The molecule has 1 aliphatic rings. The first-order chi connectivity index (χ1) is 8.92. The van der Waals surface area contributed by atoms with Crippen molar-refractivity contribution in [2.45, 2.75) is 44.8 Å². The van der Waals surface area contributed by atoms with Gasteiger partial charge in [-0.15, -0.1) is 0 Å². The van der Waals surface area contributed by atoms with Crippen LogP contribution in [0.1, 0.15) is 38.7 Å². The normalized spacial score (nSPS) is 25.6. The number of benzene rings is 1. The van der Waals surface area contributed by atoms with E-state index in [1.54, 1.807) is 12.1 Å². The number of likely N-dealkylation sites (tertiary alicyclic amines) is 1. The lowest BCUT2D eigenvalue weighted by atomic mass is 9.86. The van der Waals surface area contributed by atoms with Gasteiger partial charge in [-0.3, -0.25) is 0 Å². The van der Waals surface area contributed by atoms with E-state index >= 15 is 0 Å². The highest BCUT2D eigenvalue weighted by molar-refractivity contribution is 6.30. The van der Waals surface area contributed by atoms with Crippen molar-refractivity contribution in [1.29, 1.82) is 0 Å². The fraction of sp³-hybridized carbons (Fsp3) is 0.600. The second-order valence-electron chi connectivity index (χ2n) is 5.64. The molecular formula is C15H21ClFNO. The molecule has 2 nitrogen and oxygen atoms in total. The summed E-state index contributed by atoms with van der Waals surface area (Å²) in [4.78, 5) is 2.33. The van der Waals surface area contributed by atoms with E-state index in [0.717, 1.165) is 19.5 Å². The van der Waals surface area contributed by atoms with Gasteiger partial charge in [0.15, 0.2) is 0 Å². The summed E-state index contributed by atoms with van der Waals surface area (Å²) in [6.07, 6.45) is 2.02. The van der Waals surface area contributed by atoms with E-state index in [0.29, 0.717) is 29.5 Å². The summed E-state index contributed by atoms with van der Waals surface area (Å²) in [6, 6.07) is 4.99. The van der Waals surface area contributed by atoms with Gasteiger partial charge in [-0.05, 0) is 51.8 Å². The highest BCUT2D eigenvalue weighted by Gasteiger charge is 2.34. The molecule has 0 spiro atoms. The lowest BCUT2D eigenvalue weighted by Gasteiger charge is -2.29. The smallest absolute Gasteiger partial charge is 0.130 e. The van der Waals surface area contributed by atoms with Gasteiger partial charge in [-0.25, -0.2) is 4.39 Å². The van der Waals surface area contributed by atoms with Crippen molar-refractivity contribution in [2.75, 3.05) is 13.1 Å². The Kier molecular flexibility index (Phi) is 4.49. The zero-order valence-electron chi connectivity index (χ0n) is 11.5. The maximum Gasteiger partial charge on any atom is 0.130 e. The van der Waals surface area contributed by atoms with Crippen LogP contribution < -0.4 is 0 Å². The highest BCUT2D eigenvalue weighted by atomic mass is 35.5. The van der Waals surface area contributed by atoms with Crippen LogP contribution in [0.15, 0.2) is 18.2 Å². The Labute approximate surface area is 119 Å². The number of rotatable bonds is 2. The molecule has 1 heterocycles. The van der Waals surface area contributed by atoms with Crippen LogP contribution in [-0.2, 0) is 5.60 Å². The van der Waals surface area contributed by atoms with Crippen LogP contribution in [0.3, 0.4) is 0 Å². The molecule has 2 rings (SSSR count). The van der Waals surface area contributed by atoms with Crippen molar-refractivity contribution >= 4 is 11.6 Å². The molecule has 0 saturated carbocycles. The zero-order chi connectivity index (χ0) is 14.0. The lowest BCUT2D eigenvalue weighted by molar-refractivity contribution is 0.0170. The van der Waals surface area contributed by atoms with E-state index in [1.807, 2.05) is 0 Å². The van der Waals surface area contributed by atoms with Gasteiger partial charge in [-0.1, -0.05) is 17.7 Å². The van der Waals surface area contributed by atoms with Crippen LogP contribution in [0.25, 0.3) is 0 Å².